The summed E-state index contributed by atoms with van der Waals surface area (Å²) in [6.07, 6.45) is 4.36. The lowest BCUT2D eigenvalue weighted by Gasteiger charge is -2.16. The van der Waals surface area contributed by atoms with Gasteiger partial charge in [-0.1, -0.05) is 33.1 Å². The van der Waals surface area contributed by atoms with E-state index >= 15 is 0 Å². The third-order valence-electron chi connectivity index (χ3n) is 2.30. The van der Waals surface area contributed by atoms with Crippen LogP contribution in [0.4, 0.5) is 4.79 Å². The van der Waals surface area contributed by atoms with Crippen molar-refractivity contribution in [1.82, 2.24) is 5.32 Å². The molecule has 0 heterocycles. The molecule has 0 aromatic carbocycles. The van der Waals surface area contributed by atoms with Gasteiger partial charge >= 0.3 is 6.09 Å². The summed E-state index contributed by atoms with van der Waals surface area (Å²) in [5, 5.41) is 2.52. The summed E-state index contributed by atoms with van der Waals surface area (Å²) in [4.78, 5) is 21.6. The fraction of sp³-hybridized carbons (Fsp3) is 0.833. The summed E-state index contributed by atoms with van der Waals surface area (Å²) in [5.74, 6) is 0. The highest BCUT2D eigenvalue weighted by molar-refractivity contribution is 5.67. The predicted octanol–water partition coefficient (Wildman–Crippen LogP) is 2.59. The summed E-state index contributed by atoms with van der Waals surface area (Å²) in [6, 6.07) is 0. The van der Waals surface area contributed by atoms with Crippen LogP contribution in [0.25, 0.3) is 0 Å². The molecule has 1 N–H and O–H groups in total. The first kappa shape index (κ1) is 15.7. The minimum atomic E-state index is -0.576. The zero-order valence-electron chi connectivity index (χ0n) is 10.7. The van der Waals surface area contributed by atoms with Gasteiger partial charge in [0.1, 0.15) is 0 Å². The van der Waals surface area contributed by atoms with Gasteiger partial charge in [0.25, 0.3) is 6.47 Å². The van der Waals surface area contributed by atoms with Crippen molar-refractivity contribution < 1.29 is 19.1 Å². The molecular formula is C12H23NO4. The monoisotopic (exact) mass is 245 g/mol. The first-order valence-electron chi connectivity index (χ1n) is 6.27. The summed E-state index contributed by atoms with van der Waals surface area (Å²) in [6.45, 7) is 4.85. The van der Waals surface area contributed by atoms with Crippen LogP contribution in [0.15, 0.2) is 0 Å². The van der Waals surface area contributed by atoms with E-state index in [0.717, 1.165) is 32.1 Å². The smallest absolute Gasteiger partial charge is 0.409 e. The molecule has 0 saturated carbocycles. The van der Waals surface area contributed by atoms with Crippen LogP contribution < -0.4 is 5.32 Å². The molecule has 100 valence electrons. The van der Waals surface area contributed by atoms with Crippen molar-refractivity contribution in [2.75, 3.05) is 6.61 Å². The van der Waals surface area contributed by atoms with Gasteiger partial charge in [-0.3, -0.25) is 10.1 Å². The number of alkyl carbamates (subject to hydrolysis) is 1. The highest BCUT2D eigenvalue weighted by atomic mass is 16.6. The van der Waals surface area contributed by atoms with Crippen molar-refractivity contribution in [3.63, 3.8) is 0 Å². The second-order valence-electron chi connectivity index (χ2n) is 3.85. The number of nitrogens with one attached hydrogen (secondary N) is 1. The Morgan fingerprint density at radius 2 is 1.94 bits per heavy atom. The van der Waals surface area contributed by atoms with E-state index in [1.54, 1.807) is 0 Å². The van der Waals surface area contributed by atoms with Crippen LogP contribution in [-0.2, 0) is 14.3 Å². The molecule has 0 aliphatic carbocycles. The fourth-order valence-electron chi connectivity index (χ4n) is 1.30. The highest BCUT2D eigenvalue weighted by Gasteiger charge is 2.13. The molecular weight excluding hydrogens is 222 g/mol. The predicted molar refractivity (Wildman–Crippen MR) is 64.5 cm³/mol. The lowest BCUT2D eigenvalue weighted by Crippen LogP contribution is -2.37. The van der Waals surface area contributed by atoms with Crippen LogP contribution in [0.2, 0.25) is 0 Å². The van der Waals surface area contributed by atoms with Crippen molar-refractivity contribution in [2.45, 2.75) is 58.6 Å². The van der Waals surface area contributed by atoms with E-state index in [0.29, 0.717) is 19.5 Å². The van der Waals surface area contributed by atoms with Gasteiger partial charge in [0.15, 0.2) is 6.23 Å². The maximum absolute atomic E-state index is 11.3. The van der Waals surface area contributed by atoms with Gasteiger partial charge in [-0.05, 0) is 12.8 Å². The molecule has 0 aliphatic heterocycles. The minimum absolute atomic E-state index is 0.350. The summed E-state index contributed by atoms with van der Waals surface area (Å²) < 4.78 is 9.69. The quantitative estimate of drug-likeness (QED) is 0.365. The number of carbonyl (C=O) groups is 2. The molecule has 0 rings (SSSR count). The van der Waals surface area contributed by atoms with E-state index in [9.17, 15) is 9.59 Å². The molecule has 0 radical (unpaired) electrons. The maximum atomic E-state index is 11.3. The molecule has 0 fully saturated rings. The Balaban J connectivity index is 3.79. The molecule has 5 heteroatoms. The highest BCUT2D eigenvalue weighted by Crippen LogP contribution is 2.04. The molecule has 0 saturated heterocycles. The Morgan fingerprint density at radius 3 is 2.53 bits per heavy atom. The number of amides is 1. The molecule has 0 aliphatic rings. The zero-order valence-corrected chi connectivity index (χ0v) is 10.7. The average molecular weight is 245 g/mol. The average Bonchev–Trinajstić information content (AvgIpc) is 2.30. The van der Waals surface area contributed by atoms with Gasteiger partial charge in [0, 0.05) is 6.42 Å². The Labute approximate surface area is 103 Å². The lowest BCUT2D eigenvalue weighted by molar-refractivity contribution is -0.135. The van der Waals surface area contributed by atoms with E-state index in [-0.39, 0.29) is 0 Å². The van der Waals surface area contributed by atoms with Gasteiger partial charge in [0.2, 0.25) is 0 Å². The number of ether oxygens (including phenoxy) is 2. The molecule has 0 aromatic heterocycles. The van der Waals surface area contributed by atoms with E-state index < -0.39 is 12.3 Å². The van der Waals surface area contributed by atoms with Gasteiger partial charge in [-0.15, -0.1) is 0 Å². The van der Waals surface area contributed by atoms with Crippen LogP contribution in [0.3, 0.4) is 0 Å². The van der Waals surface area contributed by atoms with Crippen molar-refractivity contribution in [2.24, 2.45) is 0 Å². The molecule has 0 spiro atoms. The third-order valence-corrected chi connectivity index (χ3v) is 2.30. The SMILES string of the molecule is CCCCCC(NC(=O)OCCCC)OC=O. The van der Waals surface area contributed by atoms with Gasteiger partial charge < -0.3 is 9.47 Å². The largest absolute Gasteiger partial charge is 0.449 e. The molecule has 1 unspecified atom stereocenters. The molecule has 17 heavy (non-hydrogen) atoms. The fourth-order valence-corrected chi connectivity index (χ4v) is 1.30. The Kier molecular flexibility index (Phi) is 10.4. The molecule has 0 aromatic rings. The van der Waals surface area contributed by atoms with Crippen molar-refractivity contribution in [1.29, 1.82) is 0 Å². The van der Waals surface area contributed by atoms with Crippen molar-refractivity contribution in [3.8, 4) is 0 Å². The van der Waals surface area contributed by atoms with Gasteiger partial charge in [-0.2, -0.15) is 0 Å². The Morgan fingerprint density at radius 1 is 1.24 bits per heavy atom. The second kappa shape index (κ2) is 11.2. The topological polar surface area (TPSA) is 64.6 Å². The summed E-state index contributed by atoms with van der Waals surface area (Å²) in [7, 11) is 0. The van der Waals surface area contributed by atoms with Crippen LogP contribution in [0.5, 0.6) is 0 Å². The van der Waals surface area contributed by atoms with Crippen LogP contribution in [0.1, 0.15) is 52.4 Å². The molecule has 5 nitrogen and oxygen atoms in total. The Hall–Kier alpha value is -1.26. The lowest BCUT2D eigenvalue weighted by atomic mass is 10.2. The number of carbonyl (C=O) groups excluding carboxylic acids is 2. The van der Waals surface area contributed by atoms with E-state index in [4.69, 9.17) is 9.47 Å². The number of hydrogen-bond donors (Lipinski definition) is 1. The Bertz CT molecular complexity index is 209. The molecule has 1 atom stereocenters. The van der Waals surface area contributed by atoms with E-state index in [1.165, 1.54) is 0 Å². The minimum Gasteiger partial charge on any atom is -0.449 e. The van der Waals surface area contributed by atoms with Crippen LogP contribution in [0, 0.1) is 0 Å². The zero-order chi connectivity index (χ0) is 12.9. The first-order chi connectivity index (χ1) is 8.24. The number of unbranched alkanes of at least 4 members (excludes halogenated alkanes) is 3. The molecule has 1 amide bonds. The maximum Gasteiger partial charge on any atom is 0.409 e. The van der Waals surface area contributed by atoms with E-state index in [1.807, 2.05) is 6.92 Å². The summed E-state index contributed by atoms with van der Waals surface area (Å²) >= 11 is 0. The van der Waals surface area contributed by atoms with Gasteiger partial charge in [-0.25, -0.2) is 4.79 Å². The second-order valence-corrected chi connectivity index (χ2v) is 3.85. The summed E-state index contributed by atoms with van der Waals surface area (Å²) in [5.41, 5.74) is 0. The number of rotatable bonds is 10. The van der Waals surface area contributed by atoms with Gasteiger partial charge in [0.05, 0.1) is 6.61 Å². The normalized spacial score (nSPS) is 11.6. The van der Waals surface area contributed by atoms with Crippen molar-refractivity contribution in [3.05, 3.63) is 0 Å². The van der Waals surface area contributed by atoms with Crippen LogP contribution >= 0.6 is 0 Å². The van der Waals surface area contributed by atoms with Crippen molar-refractivity contribution >= 4 is 12.6 Å². The van der Waals surface area contributed by atoms with E-state index in [2.05, 4.69) is 12.2 Å². The standard InChI is InChI=1S/C12H23NO4/c1-3-5-7-8-11(17-10-14)13-12(15)16-9-6-4-2/h10-11H,3-9H2,1-2H3,(H,13,15). The number of hydrogen-bond acceptors (Lipinski definition) is 4. The first-order valence-corrected chi connectivity index (χ1v) is 6.27. The van der Waals surface area contributed by atoms with Crippen LogP contribution in [-0.4, -0.2) is 25.4 Å². The third kappa shape index (κ3) is 9.66. The molecule has 0 bridgehead atoms.